The lowest BCUT2D eigenvalue weighted by atomic mass is 10.1. The topological polar surface area (TPSA) is 57.6 Å². The molecular formula is C16H13NO3. The Kier molecular flexibility index (Phi) is 2.79. The fourth-order valence-corrected chi connectivity index (χ4v) is 2.48. The molecule has 1 amide bonds. The second-order valence-electron chi connectivity index (χ2n) is 4.79. The molecule has 2 aromatic carbocycles. The Morgan fingerprint density at radius 1 is 1.25 bits per heavy atom. The van der Waals surface area contributed by atoms with Crippen molar-refractivity contribution in [3.63, 3.8) is 0 Å². The van der Waals surface area contributed by atoms with E-state index in [2.05, 4.69) is 0 Å². The predicted molar refractivity (Wildman–Crippen MR) is 77.0 cm³/mol. The number of rotatable bonds is 3. The molecule has 20 heavy (non-hydrogen) atoms. The number of anilines is 1. The lowest BCUT2D eigenvalue weighted by Crippen LogP contribution is -2.27. The highest BCUT2D eigenvalue weighted by molar-refractivity contribution is 6.25. The van der Waals surface area contributed by atoms with Crippen molar-refractivity contribution >= 4 is 28.3 Å². The molecule has 0 bridgehead atoms. The van der Waals surface area contributed by atoms with Crippen molar-refractivity contribution in [2.45, 2.75) is 6.92 Å². The van der Waals surface area contributed by atoms with Gasteiger partial charge in [0, 0.05) is 23.1 Å². The Labute approximate surface area is 115 Å². The highest BCUT2D eigenvalue weighted by Crippen LogP contribution is 2.36. The summed E-state index contributed by atoms with van der Waals surface area (Å²) in [5.74, 6) is -1.04. The van der Waals surface area contributed by atoms with E-state index in [1.807, 2.05) is 36.4 Å². The van der Waals surface area contributed by atoms with Crippen molar-refractivity contribution < 1.29 is 14.7 Å². The predicted octanol–water partition coefficient (Wildman–Crippen LogP) is 2.83. The maximum absolute atomic E-state index is 12.4. The summed E-state index contributed by atoms with van der Waals surface area (Å²) < 4.78 is 0. The summed E-state index contributed by atoms with van der Waals surface area (Å²) >= 11 is 0. The van der Waals surface area contributed by atoms with E-state index in [1.165, 1.54) is 6.92 Å². The minimum absolute atomic E-state index is 0.0776. The Hall–Kier alpha value is -2.62. The number of hydrogen-bond acceptors (Lipinski definition) is 2. The lowest BCUT2D eigenvalue weighted by molar-refractivity contribution is -0.132. The van der Waals surface area contributed by atoms with Gasteiger partial charge in [0.2, 0.25) is 0 Å². The van der Waals surface area contributed by atoms with Crippen molar-refractivity contribution in [1.82, 2.24) is 0 Å². The van der Waals surface area contributed by atoms with Crippen molar-refractivity contribution in [2.75, 3.05) is 11.4 Å². The van der Waals surface area contributed by atoms with Gasteiger partial charge in [-0.05, 0) is 24.4 Å². The van der Waals surface area contributed by atoms with Crippen molar-refractivity contribution in [3.05, 3.63) is 53.6 Å². The van der Waals surface area contributed by atoms with Crippen LogP contribution in [-0.4, -0.2) is 23.5 Å². The number of carboxylic acid groups (broad SMARTS) is 1. The molecule has 1 N–H and O–H groups in total. The van der Waals surface area contributed by atoms with Gasteiger partial charge in [0.05, 0.1) is 5.69 Å². The number of carboxylic acids is 1. The number of benzene rings is 2. The molecule has 0 spiro atoms. The van der Waals surface area contributed by atoms with Crippen LogP contribution in [0.15, 0.2) is 48.0 Å². The van der Waals surface area contributed by atoms with Crippen LogP contribution < -0.4 is 4.90 Å². The zero-order valence-electron chi connectivity index (χ0n) is 11.0. The highest BCUT2D eigenvalue weighted by Gasteiger charge is 2.28. The van der Waals surface area contributed by atoms with Gasteiger partial charge in [0.15, 0.2) is 0 Å². The molecule has 1 aliphatic heterocycles. The van der Waals surface area contributed by atoms with Gasteiger partial charge in [-0.1, -0.05) is 30.3 Å². The molecule has 2 aromatic rings. The average molecular weight is 267 g/mol. The molecule has 0 saturated heterocycles. The Bertz CT molecular complexity index is 756. The van der Waals surface area contributed by atoms with Crippen molar-refractivity contribution in [2.24, 2.45) is 0 Å². The minimum Gasteiger partial charge on any atom is -0.478 e. The molecule has 4 heteroatoms. The van der Waals surface area contributed by atoms with E-state index in [-0.39, 0.29) is 18.0 Å². The second-order valence-corrected chi connectivity index (χ2v) is 4.79. The van der Waals surface area contributed by atoms with Crippen molar-refractivity contribution in [3.8, 4) is 0 Å². The van der Waals surface area contributed by atoms with Crippen LogP contribution in [0.5, 0.6) is 0 Å². The van der Waals surface area contributed by atoms with Crippen LogP contribution in [0.4, 0.5) is 5.69 Å². The molecule has 3 rings (SSSR count). The van der Waals surface area contributed by atoms with Gasteiger partial charge >= 0.3 is 5.97 Å². The number of amides is 1. The van der Waals surface area contributed by atoms with E-state index in [0.717, 1.165) is 16.5 Å². The van der Waals surface area contributed by atoms with E-state index in [4.69, 9.17) is 5.11 Å². The first kappa shape index (κ1) is 12.4. The van der Waals surface area contributed by atoms with E-state index in [1.54, 1.807) is 11.0 Å². The van der Waals surface area contributed by atoms with Crippen molar-refractivity contribution in [1.29, 1.82) is 0 Å². The third-order valence-electron chi connectivity index (χ3n) is 3.57. The minimum atomic E-state index is -0.965. The fraction of sp³-hybridized carbons (Fsp3) is 0.125. The number of hydrogen-bond donors (Lipinski definition) is 1. The van der Waals surface area contributed by atoms with Gasteiger partial charge in [-0.3, -0.25) is 4.79 Å². The second kappa shape index (κ2) is 4.49. The SMILES string of the molecule is CC(=CCN1C(=O)c2cccc3cccc1c23)C(=O)O. The third-order valence-corrected chi connectivity index (χ3v) is 3.57. The third kappa shape index (κ3) is 1.77. The Morgan fingerprint density at radius 3 is 2.65 bits per heavy atom. The Balaban J connectivity index is 2.05. The quantitative estimate of drug-likeness (QED) is 0.870. The van der Waals surface area contributed by atoms with Crippen LogP contribution in [0.2, 0.25) is 0 Å². The largest absolute Gasteiger partial charge is 0.478 e. The first-order valence-corrected chi connectivity index (χ1v) is 6.33. The summed E-state index contributed by atoms with van der Waals surface area (Å²) in [4.78, 5) is 24.8. The zero-order valence-corrected chi connectivity index (χ0v) is 11.0. The molecule has 100 valence electrons. The monoisotopic (exact) mass is 267 g/mol. The summed E-state index contributed by atoms with van der Waals surface area (Å²) in [7, 11) is 0. The average Bonchev–Trinajstić information content (AvgIpc) is 2.72. The molecule has 0 atom stereocenters. The molecule has 4 nitrogen and oxygen atoms in total. The number of carbonyl (C=O) groups is 2. The summed E-state index contributed by atoms with van der Waals surface area (Å²) in [5, 5.41) is 10.8. The molecular weight excluding hydrogens is 254 g/mol. The maximum Gasteiger partial charge on any atom is 0.331 e. The van der Waals surface area contributed by atoms with Gasteiger partial charge in [0.1, 0.15) is 0 Å². The Morgan fingerprint density at radius 2 is 1.95 bits per heavy atom. The standard InChI is InChI=1S/C16H13NO3/c1-10(16(19)20)8-9-17-13-7-3-5-11-4-2-6-12(14(11)13)15(17)18/h2-8H,9H2,1H3,(H,19,20). The van der Waals surface area contributed by atoms with Crippen LogP contribution >= 0.6 is 0 Å². The summed E-state index contributed by atoms with van der Waals surface area (Å²) in [6, 6.07) is 11.4. The lowest BCUT2D eigenvalue weighted by Gasteiger charge is -2.15. The summed E-state index contributed by atoms with van der Waals surface area (Å²) in [6.45, 7) is 1.79. The van der Waals surface area contributed by atoms with E-state index < -0.39 is 5.97 Å². The summed E-state index contributed by atoms with van der Waals surface area (Å²) in [5.41, 5.74) is 1.76. The molecule has 0 saturated carbocycles. The van der Waals surface area contributed by atoms with Crippen LogP contribution in [0.3, 0.4) is 0 Å². The first-order chi connectivity index (χ1) is 9.59. The molecule has 0 unspecified atom stereocenters. The maximum atomic E-state index is 12.4. The van der Waals surface area contributed by atoms with Crippen LogP contribution in [-0.2, 0) is 4.79 Å². The van der Waals surface area contributed by atoms with E-state index >= 15 is 0 Å². The fourth-order valence-electron chi connectivity index (χ4n) is 2.48. The van der Waals surface area contributed by atoms with E-state index in [9.17, 15) is 9.59 Å². The summed E-state index contributed by atoms with van der Waals surface area (Å²) in [6.07, 6.45) is 1.56. The number of aliphatic carboxylic acids is 1. The highest BCUT2D eigenvalue weighted by atomic mass is 16.4. The van der Waals surface area contributed by atoms with Gasteiger partial charge < -0.3 is 10.0 Å². The van der Waals surface area contributed by atoms with Gasteiger partial charge in [0.25, 0.3) is 5.91 Å². The molecule has 1 aliphatic rings. The van der Waals surface area contributed by atoms with Gasteiger partial charge in [-0.25, -0.2) is 4.79 Å². The van der Waals surface area contributed by atoms with Crippen LogP contribution in [0, 0.1) is 0 Å². The molecule has 0 aromatic heterocycles. The van der Waals surface area contributed by atoms with Crippen LogP contribution in [0.1, 0.15) is 17.3 Å². The smallest absolute Gasteiger partial charge is 0.331 e. The molecule has 0 fully saturated rings. The number of carbonyl (C=O) groups excluding carboxylic acids is 1. The molecule has 0 radical (unpaired) electrons. The first-order valence-electron chi connectivity index (χ1n) is 6.33. The van der Waals surface area contributed by atoms with Gasteiger partial charge in [-0.2, -0.15) is 0 Å². The molecule has 1 heterocycles. The normalized spacial score (nSPS) is 14.2. The molecule has 0 aliphatic carbocycles. The van der Waals surface area contributed by atoms with Crippen LogP contribution in [0.25, 0.3) is 10.8 Å². The van der Waals surface area contributed by atoms with Gasteiger partial charge in [-0.15, -0.1) is 0 Å². The van der Waals surface area contributed by atoms with E-state index in [0.29, 0.717) is 5.56 Å². The zero-order chi connectivity index (χ0) is 14.3. The number of nitrogens with zero attached hydrogens (tertiary/aromatic N) is 1.